The molecule has 2 rings (SSSR count). The fourth-order valence-electron chi connectivity index (χ4n) is 3.13. The van der Waals surface area contributed by atoms with E-state index in [0.29, 0.717) is 0 Å². The number of nitrogens with one attached hydrogen (secondary N) is 1. The van der Waals surface area contributed by atoms with E-state index in [1.165, 1.54) is 25.7 Å². The lowest BCUT2D eigenvalue weighted by atomic mass is 9.78. The van der Waals surface area contributed by atoms with Crippen LogP contribution < -0.4 is 5.32 Å². The summed E-state index contributed by atoms with van der Waals surface area (Å²) in [6.45, 7) is 0. The second-order valence-electron chi connectivity index (χ2n) is 5.83. The minimum atomic E-state index is -0.728. The number of carbonyl (C=O) groups excluding carboxylic acids is 1. The van der Waals surface area contributed by atoms with E-state index in [2.05, 4.69) is 5.32 Å². The van der Waals surface area contributed by atoms with Crippen LogP contribution >= 0.6 is 0 Å². The number of hydrogen-bond acceptors (Lipinski definition) is 2. The van der Waals surface area contributed by atoms with Crippen LogP contribution in [-0.4, -0.2) is 23.0 Å². The summed E-state index contributed by atoms with van der Waals surface area (Å²) in [6, 6.07) is 0.227. The van der Waals surface area contributed by atoms with Crippen molar-refractivity contribution in [1.82, 2.24) is 5.32 Å². The van der Waals surface area contributed by atoms with Crippen LogP contribution in [0.1, 0.15) is 57.8 Å². The van der Waals surface area contributed by atoms with Crippen LogP contribution in [-0.2, 0) is 9.59 Å². The predicted octanol–water partition coefficient (Wildman–Crippen LogP) is 2.33. The quantitative estimate of drug-likeness (QED) is 0.756. The summed E-state index contributed by atoms with van der Waals surface area (Å²) in [6.07, 6.45) is 8.83. The summed E-state index contributed by atoms with van der Waals surface area (Å²) >= 11 is 0. The highest BCUT2D eigenvalue weighted by Crippen LogP contribution is 2.31. The van der Waals surface area contributed by atoms with Gasteiger partial charge in [0, 0.05) is 18.4 Å². The number of rotatable bonds is 4. The van der Waals surface area contributed by atoms with E-state index >= 15 is 0 Å². The topological polar surface area (TPSA) is 66.4 Å². The van der Waals surface area contributed by atoms with Gasteiger partial charge >= 0.3 is 5.97 Å². The zero-order valence-corrected chi connectivity index (χ0v) is 10.9. The minimum absolute atomic E-state index is 0.200. The van der Waals surface area contributed by atoms with Gasteiger partial charge in [0.05, 0.1) is 0 Å². The van der Waals surface area contributed by atoms with Crippen molar-refractivity contribution in [3.05, 3.63) is 0 Å². The van der Waals surface area contributed by atoms with Crippen molar-refractivity contribution in [2.24, 2.45) is 11.8 Å². The number of hydrogen-bond donors (Lipinski definition) is 2. The molecular weight excluding hydrogens is 230 g/mol. The summed E-state index contributed by atoms with van der Waals surface area (Å²) in [5, 5.41) is 11.8. The first-order valence-corrected chi connectivity index (χ1v) is 7.17. The minimum Gasteiger partial charge on any atom is -0.481 e. The second-order valence-corrected chi connectivity index (χ2v) is 5.83. The Bertz CT molecular complexity index is 302. The summed E-state index contributed by atoms with van der Waals surface area (Å²) in [7, 11) is 0. The van der Waals surface area contributed by atoms with E-state index in [-0.39, 0.29) is 30.2 Å². The van der Waals surface area contributed by atoms with E-state index in [1.54, 1.807) is 0 Å². The highest BCUT2D eigenvalue weighted by Gasteiger charge is 2.33. The van der Waals surface area contributed by atoms with Gasteiger partial charge in [-0.25, -0.2) is 0 Å². The van der Waals surface area contributed by atoms with E-state index < -0.39 is 5.97 Å². The van der Waals surface area contributed by atoms with Gasteiger partial charge in [-0.2, -0.15) is 0 Å². The highest BCUT2D eigenvalue weighted by molar-refractivity contribution is 5.79. The Balaban J connectivity index is 1.67. The Kier molecular flexibility index (Phi) is 4.61. The molecular formula is C14H23NO3. The van der Waals surface area contributed by atoms with Crippen molar-refractivity contribution in [1.29, 1.82) is 0 Å². The van der Waals surface area contributed by atoms with Crippen molar-refractivity contribution in [2.75, 3.05) is 0 Å². The molecule has 0 saturated heterocycles. The Morgan fingerprint density at radius 3 is 2.22 bits per heavy atom. The first kappa shape index (κ1) is 13.4. The molecule has 0 aliphatic heterocycles. The Morgan fingerprint density at radius 1 is 1.06 bits per heavy atom. The van der Waals surface area contributed by atoms with Crippen molar-refractivity contribution < 1.29 is 14.7 Å². The van der Waals surface area contributed by atoms with Crippen LogP contribution in [0, 0.1) is 11.8 Å². The van der Waals surface area contributed by atoms with Crippen LogP contribution in [0.2, 0.25) is 0 Å². The maximum absolute atomic E-state index is 12.1. The zero-order valence-electron chi connectivity index (χ0n) is 10.9. The van der Waals surface area contributed by atoms with E-state index in [0.717, 1.165) is 25.7 Å². The maximum Gasteiger partial charge on any atom is 0.303 e. The number of amides is 1. The molecule has 0 heterocycles. The molecule has 4 heteroatoms. The van der Waals surface area contributed by atoms with E-state index in [1.807, 2.05) is 0 Å². The highest BCUT2D eigenvalue weighted by atomic mass is 16.4. The van der Waals surface area contributed by atoms with Gasteiger partial charge in [-0.1, -0.05) is 25.7 Å². The van der Waals surface area contributed by atoms with E-state index in [4.69, 9.17) is 5.11 Å². The first-order chi connectivity index (χ1) is 8.65. The van der Waals surface area contributed by atoms with Crippen molar-refractivity contribution >= 4 is 11.9 Å². The zero-order chi connectivity index (χ0) is 13.0. The largest absolute Gasteiger partial charge is 0.481 e. The molecule has 0 atom stereocenters. The lowest BCUT2D eigenvalue weighted by molar-refractivity contribution is -0.139. The summed E-state index contributed by atoms with van der Waals surface area (Å²) in [4.78, 5) is 22.6. The van der Waals surface area contributed by atoms with Gasteiger partial charge in [0.15, 0.2) is 0 Å². The molecule has 0 bridgehead atoms. The van der Waals surface area contributed by atoms with Gasteiger partial charge < -0.3 is 10.4 Å². The molecule has 2 N–H and O–H groups in total. The van der Waals surface area contributed by atoms with E-state index in [9.17, 15) is 9.59 Å². The molecule has 0 unspecified atom stereocenters. The number of carboxylic acids is 1. The van der Waals surface area contributed by atoms with Crippen molar-refractivity contribution in [3.8, 4) is 0 Å². The number of carbonyl (C=O) groups is 2. The molecule has 0 radical (unpaired) electrons. The molecule has 2 aliphatic rings. The Morgan fingerprint density at radius 2 is 1.67 bits per heavy atom. The number of aliphatic carboxylic acids is 1. The monoisotopic (exact) mass is 253 g/mol. The third-order valence-corrected chi connectivity index (χ3v) is 4.27. The van der Waals surface area contributed by atoms with Gasteiger partial charge in [-0.05, 0) is 31.6 Å². The molecule has 18 heavy (non-hydrogen) atoms. The molecule has 0 spiro atoms. The lowest BCUT2D eigenvalue weighted by Gasteiger charge is -2.35. The molecule has 0 aromatic rings. The molecule has 2 fully saturated rings. The summed E-state index contributed by atoms with van der Waals surface area (Å²) in [5.41, 5.74) is 0. The van der Waals surface area contributed by atoms with Crippen molar-refractivity contribution in [2.45, 2.75) is 63.8 Å². The third-order valence-electron chi connectivity index (χ3n) is 4.27. The fraction of sp³-hybridized carbons (Fsp3) is 0.857. The van der Waals surface area contributed by atoms with Crippen LogP contribution in [0.15, 0.2) is 0 Å². The van der Waals surface area contributed by atoms with Crippen molar-refractivity contribution in [3.63, 3.8) is 0 Å². The molecule has 0 aromatic carbocycles. The average molecular weight is 253 g/mol. The van der Waals surface area contributed by atoms with Gasteiger partial charge in [-0.3, -0.25) is 9.59 Å². The van der Waals surface area contributed by atoms with Gasteiger partial charge in [0.25, 0.3) is 0 Å². The smallest absolute Gasteiger partial charge is 0.303 e. The maximum atomic E-state index is 12.1. The Labute approximate surface area is 108 Å². The van der Waals surface area contributed by atoms with Crippen LogP contribution in [0.4, 0.5) is 0 Å². The van der Waals surface area contributed by atoms with Crippen LogP contribution in [0.25, 0.3) is 0 Å². The van der Waals surface area contributed by atoms with Crippen LogP contribution in [0.3, 0.4) is 0 Å². The van der Waals surface area contributed by atoms with Gasteiger partial charge in [-0.15, -0.1) is 0 Å². The first-order valence-electron chi connectivity index (χ1n) is 7.17. The Hall–Kier alpha value is -1.06. The van der Waals surface area contributed by atoms with Gasteiger partial charge in [0.2, 0.25) is 5.91 Å². The number of carboxylic acid groups (broad SMARTS) is 1. The SMILES string of the molecule is O=C(O)CC1CC(NC(=O)C2CCCCCC2)C1. The normalized spacial score (nSPS) is 29.1. The fourth-order valence-corrected chi connectivity index (χ4v) is 3.13. The van der Waals surface area contributed by atoms with Gasteiger partial charge in [0.1, 0.15) is 0 Å². The lowest BCUT2D eigenvalue weighted by Crippen LogP contribution is -2.46. The van der Waals surface area contributed by atoms with Crippen LogP contribution in [0.5, 0.6) is 0 Å². The second kappa shape index (κ2) is 6.21. The molecule has 2 saturated carbocycles. The summed E-state index contributed by atoms with van der Waals surface area (Å²) in [5.74, 6) is -0.0582. The summed E-state index contributed by atoms with van der Waals surface area (Å²) < 4.78 is 0. The molecule has 4 nitrogen and oxygen atoms in total. The molecule has 0 aromatic heterocycles. The molecule has 1 amide bonds. The molecule has 102 valence electrons. The average Bonchev–Trinajstić information content (AvgIpc) is 2.53. The molecule has 2 aliphatic carbocycles. The predicted molar refractivity (Wildman–Crippen MR) is 68.1 cm³/mol. The third kappa shape index (κ3) is 3.72. The standard InChI is InChI=1S/C14H23NO3/c16-13(17)9-10-7-12(8-10)15-14(18)11-5-3-1-2-4-6-11/h10-12H,1-9H2,(H,15,18)(H,16,17).